The Morgan fingerprint density at radius 2 is 2.29 bits per heavy atom. The number of nitrogens with one attached hydrogen (secondary N) is 1. The first kappa shape index (κ1) is 10.1. The van der Waals surface area contributed by atoms with Crippen LogP contribution in [0.2, 0.25) is 0 Å². The van der Waals surface area contributed by atoms with Crippen molar-refractivity contribution in [3.05, 3.63) is 33.6 Å². The maximum atomic E-state index is 11.2. The highest BCUT2D eigenvalue weighted by atomic mass is 16.6. The number of rotatable bonds is 2. The van der Waals surface area contributed by atoms with Gasteiger partial charge in [-0.05, 0) is 12.5 Å². The summed E-state index contributed by atoms with van der Waals surface area (Å²) in [6.45, 7) is 1.60. The van der Waals surface area contributed by atoms with E-state index in [4.69, 9.17) is 0 Å². The van der Waals surface area contributed by atoms with Gasteiger partial charge in [-0.15, -0.1) is 0 Å². The van der Waals surface area contributed by atoms with Gasteiger partial charge in [0.05, 0.1) is 4.92 Å². The minimum absolute atomic E-state index is 0.116. The zero-order valence-electron chi connectivity index (χ0n) is 7.77. The van der Waals surface area contributed by atoms with Crippen LogP contribution in [0.3, 0.4) is 0 Å². The molecule has 6 heteroatoms. The Bertz CT molecular complexity index is 389. The molecule has 0 aliphatic carbocycles. The van der Waals surface area contributed by atoms with E-state index in [1.807, 2.05) is 0 Å². The second-order valence-corrected chi connectivity index (χ2v) is 2.70. The average Bonchev–Trinajstić information content (AvgIpc) is 2.16. The number of nitrogens with zero attached hydrogens (tertiary/aromatic N) is 2. The predicted octanol–water partition coefficient (Wildman–Crippen LogP) is 0.658. The Morgan fingerprint density at radius 3 is 2.71 bits per heavy atom. The van der Waals surface area contributed by atoms with Gasteiger partial charge in [0.1, 0.15) is 11.9 Å². The summed E-state index contributed by atoms with van der Waals surface area (Å²) in [6, 6.07) is 1.32. The number of nitro groups is 1. The molecule has 1 rings (SSSR count). The summed E-state index contributed by atoms with van der Waals surface area (Å²) in [6.07, 6.45) is 1.07. The molecule has 6 nitrogen and oxygen atoms in total. The van der Waals surface area contributed by atoms with Crippen molar-refractivity contribution >= 4 is 11.6 Å². The molecule has 0 spiro atoms. The molecule has 74 valence electrons. The summed E-state index contributed by atoms with van der Waals surface area (Å²) in [5.74, 6) is -0.350. The van der Waals surface area contributed by atoms with E-state index in [1.54, 1.807) is 6.92 Å². The molecule has 0 radical (unpaired) electrons. The molecule has 0 saturated carbocycles. The molecule has 0 saturated heterocycles. The molecule has 0 aromatic carbocycles. The third-order valence-electron chi connectivity index (χ3n) is 1.72. The lowest BCUT2D eigenvalue weighted by Crippen LogP contribution is -2.20. The first-order valence-corrected chi connectivity index (χ1v) is 3.89. The third kappa shape index (κ3) is 1.85. The van der Waals surface area contributed by atoms with Gasteiger partial charge in [0, 0.05) is 13.1 Å². The number of hydrogen-bond acceptors (Lipinski definition) is 4. The molecule has 0 unspecified atom stereocenters. The fraction of sp³-hybridized carbons (Fsp3) is 0.250. The van der Waals surface area contributed by atoms with Crippen molar-refractivity contribution in [2.24, 2.45) is 0 Å². The summed E-state index contributed by atoms with van der Waals surface area (Å²) in [4.78, 5) is 24.7. The number of aromatic nitrogens is 1. The van der Waals surface area contributed by atoms with Gasteiger partial charge in [-0.1, -0.05) is 0 Å². The number of carbonyl (C=O) groups is 1. The van der Waals surface area contributed by atoms with E-state index in [0.717, 1.165) is 6.20 Å². The number of aryl methyl sites for hydroxylation is 1. The van der Waals surface area contributed by atoms with E-state index in [9.17, 15) is 14.9 Å². The molecular formula is C8H9N3O3. The normalized spacial score (nSPS) is 9.57. The molecule has 1 aromatic rings. The fourth-order valence-electron chi connectivity index (χ4n) is 1.02. The van der Waals surface area contributed by atoms with Gasteiger partial charge < -0.3 is 5.32 Å². The molecule has 0 bridgehead atoms. The Morgan fingerprint density at radius 1 is 1.64 bits per heavy atom. The predicted molar refractivity (Wildman–Crippen MR) is 49.0 cm³/mol. The Hall–Kier alpha value is -1.98. The molecular weight excluding hydrogens is 186 g/mol. The van der Waals surface area contributed by atoms with E-state index in [1.165, 1.54) is 13.1 Å². The first-order chi connectivity index (χ1) is 6.56. The fourth-order valence-corrected chi connectivity index (χ4v) is 1.02. The van der Waals surface area contributed by atoms with Gasteiger partial charge in [-0.3, -0.25) is 14.9 Å². The lowest BCUT2D eigenvalue weighted by Gasteiger charge is -2.01. The molecule has 0 aliphatic heterocycles. The summed E-state index contributed by atoms with van der Waals surface area (Å²) < 4.78 is 0. The van der Waals surface area contributed by atoms with E-state index >= 15 is 0 Å². The van der Waals surface area contributed by atoms with E-state index < -0.39 is 4.92 Å². The second-order valence-electron chi connectivity index (χ2n) is 2.70. The molecule has 0 fully saturated rings. The van der Waals surface area contributed by atoms with Crippen molar-refractivity contribution in [2.45, 2.75) is 6.92 Å². The Kier molecular flexibility index (Phi) is 2.76. The standard InChI is InChI=1S/C8H9N3O3/c1-5-3-6(11(13)14)4-10-7(5)8(12)9-2/h3-4H,1-2H3,(H,9,12). The lowest BCUT2D eigenvalue weighted by atomic mass is 10.2. The average molecular weight is 195 g/mol. The monoisotopic (exact) mass is 195 g/mol. The van der Waals surface area contributed by atoms with Crippen LogP contribution < -0.4 is 5.32 Å². The van der Waals surface area contributed by atoms with Crippen LogP contribution in [0.5, 0.6) is 0 Å². The number of amides is 1. The van der Waals surface area contributed by atoms with Gasteiger partial charge in [0.2, 0.25) is 0 Å². The number of pyridine rings is 1. The minimum atomic E-state index is -0.548. The maximum Gasteiger partial charge on any atom is 0.287 e. The molecule has 0 aliphatic rings. The smallest absolute Gasteiger partial charge is 0.287 e. The van der Waals surface area contributed by atoms with Crippen LogP contribution in [0.25, 0.3) is 0 Å². The highest BCUT2D eigenvalue weighted by Crippen LogP contribution is 2.13. The molecule has 1 aromatic heterocycles. The van der Waals surface area contributed by atoms with Crippen LogP contribution in [-0.4, -0.2) is 22.9 Å². The van der Waals surface area contributed by atoms with Crippen LogP contribution in [0, 0.1) is 17.0 Å². The van der Waals surface area contributed by atoms with Crippen molar-refractivity contribution in [1.29, 1.82) is 0 Å². The van der Waals surface area contributed by atoms with Crippen LogP contribution >= 0.6 is 0 Å². The van der Waals surface area contributed by atoms with Gasteiger partial charge in [0.25, 0.3) is 11.6 Å². The van der Waals surface area contributed by atoms with Crippen LogP contribution in [-0.2, 0) is 0 Å². The van der Waals surface area contributed by atoms with Crippen LogP contribution in [0.15, 0.2) is 12.3 Å². The summed E-state index contributed by atoms with van der Waals surface area (Å²) in [5.41, 5.74) is 0.576. The van der Waals surface area contributed by atoms with Crippen molar-refractivity contribution in [1.82, 2.24) is 10.3 Å². The minimum Gasteiger partial charge on any atom is -0.354 e. The second kappa shape index (κ2) is 3.82. The zero-order valence-corrected chi connectivity index (χ0v) is 7.77. The lowest BCUT2D eigenvalue weighted by molar-refractivity contribution is -0.385. The maximum absolute atomic E-state index is 11.2. The largest absolute Gasteiger partial charge is 0.354 e. The van der Waals surface area contributed by atoms with E-state index in [0.29, 0.717) is 5.56 Å². The first-order valence-electron chi connectivity index (χ1n) is 3.89. The van der Waals surface area contributed by atoms with Gasteiger partial charge in [0.15, 0.2) is 0 Å². The topological polar surface area (TPSA) is 85.1 Å². The molecule has 1 amide bonds. The Labute approximate surface area is 80.1 Å². The molecule has 0 atom stereocenters. The van der Waals surface area contributed by atoms with Crippen molar-refractivity contribution in [3.8, 4) is 0 Å². The summed E-state index contributed by atoms with van der Waals surface area (Å²) in [7, 11) is 1.48. The van der Waals surface area contributed by atoms with Crippen LogP contribution in [0.4, 0.5) is 5.69 Å². The molecule has 1 heterocycles. The van der Waals surface area contributed by atoms with Crippen molar-refractivity contribution < 1.29 is 9.72 Å². The third-order valence-corrected chi connectivity index (χ3v) is 1.72. The zero-order chi connectivity index (χ0) is 10.7. The summed E-state index contributed by atoms with van der Waals surface area (Å²) in [5, 5.41) is 12.8. The summed E-state index contributed by atoms with van der Waals surface area (Å²) >= 11 is 0. The highest BCUT2D eigenvalue weighted by molar-refractivity contribution is 5.93. The van der Waals surface area contributed by atoms with Crippen LogP contribution in [0.1, 0.15) is 16.1 Å². The SMILES string of the molecule is CNC(=O)c1ncc([N+](=O)[O-])cc1C. The Balaban J connectivity index is 3.14. The van der Waals surface area contributed by atoms with Crippen molar-refractivity contribution in [3.63, 3.8) is 0 Å². The number of carbonyl (C=O) groups excluding carboxylic acids is 1. The quantitative estimate of drug-likeness (QED) is 0.554. The van der Waals surface area contributed by atoms with Gasteiger partial charge in [-0.2, -0.15) is 0 Å². The number of hydrogen-bond donors (Lipinski definition) is 1. The van der Waals surface area contributed by atoms with Gasteiger partial charge >= 0.3 is 0 Å². The van der Waals surface area contributed by atoms with E-state index in [-0.39, 0.29) is 17.3 Å². The van der Waals surface area contributed by atoms with Crippen molar-refractivity contribution in [2.75, 3.05) is 7.05 Å². The molecule has 1 N–H and O–H groups in total. The highest BCUT2D eigenvalue weighted by Gasteiger charge is 2.13. The molecule has 14 heavy (non-hydrogen) atoms. The van der Waals surface area contributed by atoms with E-state index in [2.05, 4.69) is 10.3 Å². The van der Waals surface area contributed by atoms with Gasteiger partial charge in [-0.25, -0.2) is 4.98 Å².